The van der Waals surface area contributed by atoms with Gasteiger partial charge in [0.25, 0.3) is 0 Å². The minimum atomic E-state index is -0.109. The van der Waals surface area contributed by atoms with Crippen molar-refractivity contribution in [2.75, 3.05) is 6.61 Å². The molecule has 1 rings (SSSR count). The number of benzene rings is 1. The van der Waals surface area contributed by atoms with Crippen LogP contribution >= 0.6 is 0 Å². The molecule has 0 bridgehead atoms. The zero-order valence-electron chi connectivity index (χ0n) is 14.2. The molecule has 0 N–H and O–H groups in total. The van der Waals surface area contributed by atoms with E-state index in [0.717, 1.165) is 12.0 Å². The molecule has 0 heterocycles. The third-order valence-corrected chi connectivity index (χ3v) is 3.95. The Balaban J connectivity index is 0.00000484. The summed E-state index contributed by atoms with van der Waals surface area (Å²) in [6.45, 7) is 2.83. The molecule has 0 radical (unpaired) electrons. The molecular formula is C20H33NaO2. The van der Waals surface area contributed by atoms with Crippen LogP contribution in [0.1, 0.15) is 76.7 Å². The molecule has 23 heavy (non-hydrogen) atoms. The van der Waals surface area contributed by atoms with Crippen LogP contribution in [0.15, 0.2) is 30.3 Å². The summed E-state index contributed by atoms with van der Waals surface area (Å²) in [5.41, 5.74) is 1.02. The molecule has 0 amide bonds. The van der Waals surface area contributed by atoms with Gasteiger partial charge in [-0.05, 0) is 12.0 Å². The van der Waals surface area contributed by atoms with E-state index in [9.17, 15) is 4.79 Å². The van der Waals surface area contributed by atoms with E-state index in [-0.39, 0.29) is 35.5 Å². The Bertz CT molecular complexity index is 378. The van der Waals surface area contributed by atoms with Crippen molar-refractivity contribution in [3.05, 3.63) is 35.9 Å². The molecule has 3 heteroatoms. The molecule has 0 unspecified atom stereocenters. The van der Waals surface area contributed by atoms with Gasteiger partial charge in [0.15, 0.2) is 0 Å². The Morgan fingerprint density at radius 3 is 1.91 bits per heavy atom. The second-order valence-corrected chi connectivity index (χ2v) is 6.06. The third-order valence-electron chi connectivity index (χ3n) is 3.95. The molecule has 0 saturated heterocycles. The van der Waals surface area contributed by atoms with Gasteiger partial charge in [-0.15, -0.1) is 0 Å². The molecule has 0 spiro atoms. The Morgan fingerprint density at radius 2 is 1.35 bits per heavy atom. The Labute approximate surface area is 164 Å². The SMILES string of the molecule is CCCCCCCCCCCCOC(=O)Cc1ccccc1.[NaH]. The number of hydrogen-bond donors (Lipinski definition) is 0. The van der Waals surface area contributed by atoms with Gasteiger partial charge < -0.3 is 4.74 Å². The summed E-state index contributed by atoms with van der Waals surface area (Å²) in [5.74, 6) is -0.109. The van der Waals surface area contributed by atoms with Crippen molar-refractivity contribution in [1.29, 1.82) is 0 Å². The van der Waals surface area contributed by atoms with Crippen molar-refractivity contribution in [2.24, 2.45) is 0 Å². The summed E-state index contributed by atoms with van der Waals surface area (Å²) in [6, 6.07) is 9.78. The first-order valence-corrected chi connectivity index (χ1v) is 9.02. The van der Waals surface area contributed by atoms with E-state index in [1.165, 1.54) is 57.8 Å². The van der Waals surface area contributed by atoms with E-state index in [1.807, 2.05) is 30.3 Å². The fourth-order valence-corrected chi connectivity index (χ4v) is 2.59. The first-order valence-electron chi connectivity index (χ1n) is 9.02. The third kappa shape index (κ3) is 13.8. The Morgan fingerprint density at radius 1 is 0.826 bits per heavy atom. The van der Waals surface area contributed by atoms with Crippen LogP contribution < -0.4 is 0 Å². The van der Waals surface area contributed by atoms with Crippen molar-refractivity contribution in [3.8, 4) is 0 Å². The zero-order chi connectivity index (χ0) is 15.9. The van der Waals surface area contributed by atoms with Crippen molar-refractivity contribution in [2.45, 2.75) is 77.6 Å². The molecule has 0 fully saturated rings. The summed E-state index contributed by atoms with van der Waals surface area (Å²) < 4.78 is 5.28. The normalized spacial score (nSPS) is 10.1. The maximum atomic E-state index is 11.7. The van der Waals surface area contributed by atoms with Gasteiger partial charge in [0.1, 0.15) is 0 Å². The van der Waals surface area contributed by atoms with E-state index < -0.39 is 0 Å². The number of carbonyl (C=O) groups is 1. The standard InChI is InChI=1S/C20H32O2.Na.H/c1-2-3-4-5-6-7-8-9-10-14-17-22-20(21)18-19-15-12-11-13-16-19;;/h11-13,15-16H,2-10,14,17-18H2,1H3;;. The molecule has 0 aromatic heterocycles. The van der Waals surface area contributed by atoms with Gasteiger partial charge in [-0.1, -0.05) is 95.0 Å². The fourth-order valence-electron chi connectivity index (χ4n) is 2.59. The van der Waals surface area contributed by atoms with Gasteiger partial charge in [-0.25, -0.2) is 0 Å². The molecule has 0 aliphatic heterocycles. The van der Waals surface area contributed by atoms with E-state index in [2.05, 4.69) is 6.92 Å². The quantitative estimate of drug-likeness (QED) is 0.288. The molecule has 2 nitrogen and oxygen atoms in total. The summed E-state index contributed by atoms with van der Waals surface area (Å²) in [5, 5.41) is 0. The van der Waals surface area contributed by atoms with Gasteiger partial charge in [-0.2, -0.15) is 0 Å². The number of unbranched alkanes of at least 4 members (excludes halogenated alkanes) is 9. The van der Waals surface area contributed by atoms with Gasteiger partial charge in [0.05, 0.1) is 13.0 Å². The first-order chi connectivity index (χ1) is 10.8. The Hall–Kier alpha value is -0.310. The second kappa shape index (κ2) is 16.5. The second-order valence-electron chi connectivity index (χ2n) is 6.06. The van der Waals surface area contributed by atoms with E-state index in [0.29, 0.717) is 13.0 Å². The molecule has 126 valence electrons. The molecule has 0 saturated carbocycles. The van der Waals surface area contributed by atoms with Crippen LogP contribution in [0.25, 0.3) is 0 Å². The Kier molecular flexibility index (Phi) is 16.3. The van der Waals surface area contributed by atoms with Crippen molar-refractivity contribution in [3.63, 3.8) is 0 Å². The van der Waals surface area contributed by atoms with Crippen LogP contribution in [0, 0.1) is 0 Å². The number of esters is 1. The number of hydrogen-bond acceptors (Lipinski definition) is 2. The predicted molar refractivity (Wildman–Crippen MR) is 100 cm³/mol. The van der Waals surface area contributed by atoms with Gasteiger partial charge in [0, 0.05) is 0 Å². The molecule has 1 aromatic carbocycles. The van der Waals surface area contributed by atoms with Gasteiger partial charge in [-0.3, -0.25) is 4.79 Å². The average molecular weight is 328 g/mol. The molecule has 0 atom stereocenters. The molecule has 0 aliphatic rings. The topological polar surface area (TPSA) is 26.3 Å². The fraction of sp³-hybridized carbons (Fsp3) is 0.650. The van der Waals surface area contributed by atoms with Crippen LogP contribution in [0.3, 0.4) is 0 Å². The molecule has 0 aliphatic carbocycles. The monoisotopic (exact) mass is 328 g/mol. The summed E-state index contributed by atoms with van der Waals surface area (Å²) in [6.07, 6.45) is 13.4. The van der Waals surface area contributed by atoms with Crippen LogP contribution in [-0.4, -0.2) is 42.1 Å². The van der Waals surface area contributed by atoms with Crippen LogP contribution in [-0.2, 0) is 16.0 Å². The molecule has 1 aromatic rings. The van der Waals surface area contributed by atoms with Gasteiger partial charge >= 0.3 is 35.5 Å². The summed E-state index contributed by atoms with van der Waals surface area (Å²) >= 11 is 0. The van der Waals surface area contributed by atoms with Crippen LogP contribution in [0.4, 0.5) is 0 Å². The van der Waals surface area contributed by atoms with E-state index >= 15 is 0 Å². The summed E-state index contributed by atoms with van der Waals surface area (Å²) in [7, 11) is 0. The van der Waals surface area contributed by atoms with Crippen LogP contribution in [0.2, 0.25) is 0 Å². The zero-order valence-corrected chi connectivity index (χ0v) is 14.2. The maximum absolute atomic E-state index is 11.7. The van der Waals surface area contributed by atoms with E-state index in [1.54, 1.807) is 0 Å². The van der Waals surface area contributed by atoms with Crippen molar-refractivity contribution < 1.29 is 9.53 Å². The number of ether oxygens (including phenoxy) is 1. The van der Waals surface area contributed by atoms with E-state index in [4.69, 9.17) is 4.74 Å². The van der Waals surface area contributed by atoms with Crippen molar-refractivity contribution in [1.82, 2.24) is 0 Å². The molecular weight excluding hydrogens is 295 g/mol. The number of carbonyl (C=O) groups excluding carboxylic acids is 1. The summed E-state index contributed by atoms with van der Waals surface area (Å²) in [4.78, 5) is 11.7. The van der Waals surface area contributed by atoms with Crippen molar-refractivity contribution >= 4 is 35.5 Å². The average Bonchev–Trinajstić information content (AvgIpc) is 2.53. The first kappa shape index (κ1) is 22.7. The van der Waals surface area contributed by atoms with Gasteiger partial charge in [0.2, 0.25) is 0 Å². The predicted octanol–water partition coefficient (Wildman–Crippen LogP) is 5.04. The minimum absolute atomic E-state index is 0. The van der Waals surface area contributed by atoms with Crippen LogP contribution in [0.5, 0.6) is 0 Å². The number of rotatable bonds is 13.